The minimum absolute atomic E-state index is 0.330. The van der Waals surface area contributed by atoms with Crippen LogP contribution >= 0.6 is 0 Å². The van der Waals surface area contributed by atoms with E-state index in [2.05, 4.69) is 10.4 Å². The van der Waals surface area contributed by atoms with Gasteiger partial charge in [0.15, 0.2) is 0 Å². The Labute approximate surface area is 133 Å². The predicted octanol–water partition coefficient (Wildman–Crippen LogP) is 1.87. The summed E-state index contributed by atoms with van der Waals surface area (Å²) < 4.78 is 28.0. The van der Waals surface area contributed by atoms with Gasteiger partial charge in [0.2, 0.25) is 0 Å². The standard InChI is InChI=1S/C16H20F2N4O/c1-11-6-12(2)22(21-11)8-13-4-3-5-14(7-13)15(23)20-10-16(17,18)9-19/h3-7H,8-10,19H2,1-2H3,(H,20,23). The number of rotatable bonds is 6. The summed E-state index contributed by atoms with van der Waals surface area (Å²) in [6, 6.07) is 8.80. The topological polar surface area (TPSA) is 72.9 Å². The average molecular weight is 322 g/mol. The van der Waals surface area contributed by atoms with E-state index in [1.165, 1.54) is 0 Å². The zero-order chi connectivity index (χ0) is 17.0. The first-order chi connectivity index (χ1) is 10.8. The van der Waals surface area contributed by atoms with Gasteiger partial charge in [-0.2, -0.15) is 5.10 Å². The highest BCUT2D eigenvalue weighted by atomic mass is 19.3. The molecule has 0 spiro atoms. The van der Waals surface area contributed by atoms with Gasteiger partial charge in [-0.25, -0.2) is 8.78 Å². The zero-order valence-electron chi connectivity index (χ0n) is 13.1. The summed E-state index contributed by atoms with van der Waals surface area (Å²) in [5.41, 5.74) is 8.08. The number of benzene rings is 1. The van der Waals surface area contributed by atoms with Gasteiger partial charge in [-0.15, -0.1) is 0 Å². The third-order valence-corrected chi connectivity index (χ3v) is 3.43. The van der Waals surface area contributed by atoms with Gasteiger partial charge in [-0.05, 0) is 37.6 Å². The molecule has 124 valence electrons. The van der Waals surface area contributed by atoms with Crippen LogP contribution in [0.15, 0.2) is 30.3 Å². The molecular weight excluding hydrogens is 302 g/mol. The molecule has 23 heavy (non-hydrogen) atoms. The second-order valence-corrected chi connectivity index (χ2v) is 5.53. The van der Waals surface area contributed by atoms with Crippen molar-refractivity contribution in [3.63, 3.8) is 0 Å². The third kappa shape index (κ3) is 4.59. The van der Waals surface area contributed by atoms with Crippen molar-refractivity contribution < 1.29 is 13.6 Å². The van der Waals surface area contributed by atoms with Gasteiger partial charge in [0.25, 0.3) is 11.8 Å². The summed E-state index contributed by atoms with van der Waals surface area (Å²) in [6.45, 7) is 2.80. The second kappa shape index (κ2) is 6.87. The average Bonchev–Trinajstić information content (AvgIpc) is 2.83. The SMILES string of the molecule is Cc1cc(C)n(Cc2cccc(C(=O)NCC(F)(F)CN)c2)n1. The zero-order valence-corrected chi connectivity index (χ0v) is 13.1. The Bertz CT molecular complexity index is 697. The predicted molar refractivity (Wildman–Crippen MR) is 83.6 cm³/mol. The van der Waals surface area contributed by atoms with Gasteiger partial charge in [-0.3, -0.25) is 9.48 Å². The summed E-state index contributed by atoms with van der Waals surface area (Å²) in [6.07, 6.45) is 0. The first kappa shape index (κ1) is 17.1. The Balaban J connectivity index is 2.07. The van der Waals surface area contributed by atoms with Crippen LogP contribution in [0, 0.1) is 13.8 Å². The van der Waals surface area contributed by atoms with Crippen LogP contribution in [0.5, 0.6) is 0 Å². The van der Waals surface area contributed by atoms with E-state index in [0.717, 1.165) is 17.0 Å². The van der Waals surface area contributed by atoms with E-state index >= 15 is 0 Å². The molecular formula is C16H20F2N4O. The van der Waals surface area contributed by atoms with Gasteiger partial charge in [0.05, 0.1) is 25.3 Å². The van der Waals surface area contributed by atoms with Crippen molar-refractivity contribution in [2.45, 2.75) is 26.3 Å². The van der Waals surface area contributed by atoms with Gasteiger partial charge < -0.3 is 11.1 Å². The number of carbonyl (C=O) groups is 1. The first-order valence-electron chi connectivity index (χ1n) is 7.27. The summed E-state index contributed by atoms with van der Waals surface area (Å²) in [5.74, 6) is -3.65. The van der Waals surface area contributed by atoms with Gasteiger partial charge in [0, 0.05) is 11.3 Å². The lowest BCUT2D eigenvalue weighted by atomic mass is 10.1. The van der Waals surface area contributed by atoms with Crippen molar-refractivity contribution in [3.8, 4) is 0 Å². The highest BCUT2D eigenvalue weighted by Gasteiger charge is 2.27. The molecule has 0 saturated carbocycles. The van der Waals surface area contributed by atoms with Gasteiger partial charge in [-0.1, -0.05) is 12.1 Å². The molecule has 0 saturated heterocycles. The van der Waals surface area contributed by atoms with Crippen molar-refractivity contribution in [1.82, 2.24) is 15.1 Å². The lowest BCUT2D eigenvalue weighted by molar-refractivity contribution is 0.0118. The Morgan fingerprint density at radius 3 is 2.70 bits per heavy atom. The number of hydrogen-bond acceptors (Lipinski definition) is 3. The maximum absolute atomic E-state index is 13.1. The fraction of sp³-hybridized carbons (Fsp3) is 0.375. The molecule has 2 aromatic rings. The number of hydrogen-bond donors (Lipinski definition) is 2. The number of alkyl halides is 2. The Kier molecular flexibility index (Phi) is 5.10. The van der Waals surface area contributed by atoms with E-state index in [9.17, 15) is 13.6 Å². The first-order valence-corrected chi connectivity index (χ1v) is 7.27. The molecule has 0 unspecified atom stereocenters. The molecule has 0 fully saturated rings. The van der Waals surface area contributed by atoms with Crippen molar-refractivity contribution >= 4 is 5.91 Å². The number of carbonyl (C=O) groups excluding carboxylic acids is 1. The van der Waals surface area contributed by atoms with Crippen molar-refractivity contribution in [2.75, 3.05) is 13.1 Å². The van der Waals surface area contributed by atoms with Crippen LogP contribution < -0.4 is 11.1 Å². The molecule has 3 N–H and O–H groups in total. The lowest BCUT2D eigenvalue weighted by Gasteiger charge is -2.14. The van der Waals surface area contributed by atoms with E-state index < -0.39 is 24.9 Å². The second-order valence-electron chi connectivity index (χ2n) is 5.53. The monoisotopic (exact) mass is 322 g/mol. The number of nitrogens with one attached hydrogen (secondary N) is 1. The maximum Gasteiger partial charge on any atom is 0.277 e. The molecule has 0 aliphatic carbocycles. The van der Waals surface area contributed by atoms with Crippen LogP contribution in [0.25, 0.3) is 0 Å². The molecule has 0 aliphatic rings. The van der Waals surface area contributed by atoms with Gasteiger partial charge >= 0.3 is 0 Å². The van der Waals surface area contributed by atoms with Crippen molar-refractivity contribution in [3.05, 3.63) is 52.8 Å². The van der Waals surface area contributed by atoms with Crippen LogP contribution in [0.3, 0.4) is 0 Å². The number of nitrogens with two attached hydrogens (primary N) is 1. The van der Waals surface area contributed by atoms with Crippen molar-refractivity contribution in [1.29, 1.82) is 0 Å². The largest absolute Gasteiger partial charge is 0.346 e. The summed E-state index contributed by atoms with van der Waals surface area (Å²) in [4.78, 5) is 12.0. The Hall–Kier alpha value is -2.28. The Morgan fingerprint density at radius 2 is 2.09 bits per heavy atom. The van der Waals surface area contributed by atoms with E-state index in [0.29, 0.717) is 12.1 Å². The molecule has 1 amide bonds. The molecule has 0 bridgehead atoms. The maximum atomic E-state index is 13.1. The van der Waals surface area contributed by atoms with Crippen molar-refractivity contribution in [2.24, 2.45) is 5.73 Å². The van der Waals surface area contributed by atoms with E-state index in [1.807, 2.05) is 30.7 Å². The molecule has 1 aromatic heterocycles. The molecule has 0 atom stereocenters. The summed E-state index contributed by atoms with van der Waals surface area (Å²) in [7, 11) is 0. The molecule has 1 aromatic carbocycles. The third-order valence-electron chi connectivity index (χ3n) is 3.43. The highest BCUT2D eigenvalue weighted by Crippen LogP contribution is 2.12. The molecule has 7 heteroatoms. The number of aromatic nitrogens is 2. The molecule has 0 radical (unpaired) electrons. The Morgan fingerprint density at radius 1 is 1.35 bits per heavy atom. The van der Waals surface area contributed by atoms with Crippen LogP contribution in [-0.4, -0.2) is 34.7 Å². The number of amides is 1. The van der Waals surface area contributed by atoms with Crippen LogP contribution in [0.2, 0.25) is 0 Å². The molecule has 1 heterocycles. The molecule has 0 aliphatic heterocycles. The number of nitrogens with zero attached hydrogens (tertiary/aromatic N) is 2. The van der Waals surface area contributed by atoms with Crippen LogP contribution in [0.4, 0.5) is 8.78 Å². The minimum Gasteiger partial charge on any atom is -0.346 e. The molecule has 5 nitrogen and oxygen atoms in total. The van der Waals surface area contributed by atoms with E-state index in [1.54, 1.807) is 18.2 Å². The normalized spacial score (nSPS) is 11.5. The fourth-order valence-electron chi connectivity index (χ4n) is 2.20. The van der Waals surface area contributed by atoms with E-state index in [4.69, 9.17) is 5.73 Å². The van der Waals surface area contributed by atoms with Crippen LogP contribution in [-0.2, 0) is 6.54 Å². The van der Waals surface area contributed by atoms with Gasteiger partial charge in [0.1, 0.15) is 0 Å². The highest BCUT2D eigenvalue weighted by molar-refractivity contribution is 5.94. The number of halogens is 2. The number of aryl methyl sites for hydroxylation is 2. The summed E-state index contributed by atoms with van der Waals surface area (Å²) >= 11 is 0. The molecule has 2 rings (SSSR count). The van der Waals surface area contributed by atoms with E-state index in [-0.39, 0.29) is 0 Å². The smallest absolute Gasteiger partial charge is 0.277 e. The van der Waals surface area contributed by atoms with Crippen LogP contribution in [0.1, 0.15) is 27.3 Å². The summed E-state index contributed by atoms with van der Waals surface area (Å²) in [5, 5.41) is 6.57. The lowest BCUT2D eigenvalue weighted by Crippen LogP contribution is -2.41. The quantitative estimate of drug-likeness (QED) is 0.853. The fourth-order valence-corrected chi connectivity index (χ4v) is 2.20. The minimum atomic E-state index is -3.10.